The van der Waals surface area contributed by atoms with Crippen molar-refractivity contribution in [1.29, 1.82) is 0 Å². The van der Waals surface area contributed by atoms with E-state index in [1.165, 1.54) is 19.3 Å². The van der Waals surface area contributed by atoms with Crippen molar-refractivity contribution in [3.05, 3.63) is 18.0 Å². The first-order valence-corrected chi connectivity index (χ1v) is 8.11. The largest absolute Gasteiger partial charge is 0.341 e. The first-order valence-electron chi connectivity index (χ1n) is 8.11. The Bertz CT molecular complexity index is 491. The molecular formula is C16H24N4O. The molecule has 0 aliphatic carbocycles. The van der Waals surface area contributed by atoms with E-state index in [2.05, 4.69) is 21.8 Å². The first-order chi connectivity index (χ1) is 10.2. The maximum atomic E-state index is 12.6. The molecule has 21 heavy (non-hydrogen) atoms. The van der Waals surface area contributed by atoms with Gasteiger partial charge >= 0.3 is 0 Å². The van der Waals surface area contributed by atoms with Crippen molar-refractivity contribution in [3.8, 4) is 0 Å². The van der Waals surface area contributed by atoms with E-state index >= 15 is 0 Å². The number of nitrogens with zero attached hydrogens (tertiary/aromatic N) is 4. The SMILES string of the molecule is CC1CCN(C(=O)c2ccnc(N3CCCCC3)n2)CC1. The molecular weight excluding hydrogens is 264 g/mol. The Balaban J connectivity index is 1.71. The molecule has 0 unspecified atom stereocenters. The Hall–Kier alpha value is -1.65. The fourth-order valence-corrected chi connectivity index (χ4v) is 3.09. The molecule has 5 nitrogen and oxygen atoms in total. The molecule has 0 bridgehead atoms. The van der Waals surface area contributed by atoms with Crippen molar-refractivity contribution in [2.24, 2.45) is 5.92 Å². The quantitative estimate of drug-likeness (QED) is 0.838. The van der Waals surface area contributed by atoms with Crippen LogP contribution in [0, 0.1) is 5.92 Å². The summed E-state index contributed by atoms with van der Waals surface area (Å²) < 4.78 is 0. The number of aromatic nitrogens is 2. The van der Waals surface area contributed by atoms with Gasteiger partial charge in [0, 0.05) is 32.4 Å². The summed E-state index contributed by atoms with van der Waals surface area (Å²) in [5.41, 5.74) is 0.542. The molecule has 3 heterocycles. The zero-order chi connectivity index (χ0) is 14.7. The van der Waals surface area contributed by atoms with Gasteiger partial charge in [-0.05, 0) is 44.1 Å². The second-order valence-corrected chi connectivity index (χ2v) is 6.26. The van der Waals surface area contributed by atoms with E-state index in [0.29, 0.717) is 11.6 Å². The van der Waals surface area contributed by atoms with Gasteiger partial charge in [0.2, 0.25) is 5.95 Å². The van der Waals surface area contributed by atoms with Crippen molar-refractivity contribution in [2.75, 3.05) is 31.1 Å². The minimum atomic E-state index is 0.0579. The number of hydrogen-bond acceptors (Lipinski definition) is 4. The number of hydrogen-bond donors (Lipinski definition) is 0. The molecule has 1 amide bonds. The number of rotatable bonds is 2. The molecule has 2 aliphatic rings. The Morgan fingerprint density at radius 3 is 2.57 bits per heavy atom. The third kappa shape index (κ3) is 3.34. The fourth-order valence-electron chi connectivity index (χ4n) is 3.09. The molecule has 0 N–H and O–H groups in total. The van der Waals surface area contributed by atoms with Crippen LogP contribution in [0.2, 0.25) is 0 Å². The highest BCUT2D eigenvalue weighted by atomic mass is 16.2. The highest BCUT2D eigenvalue weighted by Gasteiger charge is 2.23. The molecule has 2 fully saturated rings. The van der Waals surface area contributed by atoms with Crippen LogP contribution in [0.15, 0.2) is 12.3 Å². The minimum Gasteiger partial charge on any atom is -0.341 e. The highest BCUT2D eigenvalue weighted by molar-refractivity contribution is 5.92. The third-order valence-electron chi connectivity index (χ3n) is 4.57. The molecule has 1 aromatic rings. The van der Waals surface area contributed by atoms with Crippen LogP contribution < -0.4 is 4.90 Å². The average Bonchev–Trinajstić information content (AvgIpc) is 2.56. The third-order valence-corrected chi connectivity index (χ3v) is 4.57. The minimum absolute atomic E-state index is 0.0579. The van der Waals surface area contributed by atoms with E-state index in [1.54, 1.807) is 12.3 Å². The zero-order valence-corrected chi connectivity index (χ0v) is 12.8. The molecule has 0 saturated carbocycles. The van der Waals surface area contributed by atoms with Crippen LogP contribution in [-0.4, -0.2) is 47.0 Å². The van der Waals surface area contributed by atoms with Gasteiger partial charge < -0.3 is 9.80 Å². The predicted molar refractivity (Wildman–Crippen MR) is 82.4 cm³/mol. The Morgan fingerprint density at radius 1 is 1.14 bits per heavy atom. The Labute approximate surface area is 126 Å². The van der Waals surface area contributed by atoms with Gasteiger partial charge in [-0.2, -0.15) is 0 Å². The van der Waals surface area contributed by atoms with Crippen molar-refractivity contribution in [2.45, 2.75) is 39.0 Å². The van der Waals surface area contributed by atoms with Crippen molar-refractivity contribution in [3.63, 3.8) is 0 Å². The van der Waals surface area contributed by atoms with E-state index in [-0.39, 0.29) is 5.91 Å². The van der Waals surface area contributed by atoms with Gasteiger partial charge in [-0.1, -0.05) is 6.92 Å². The lowest BCUT2D eigenvalue weighted by atomic mass is 9.99. The van der Waals surface area contributed by atoms with Crippen LogP contribution in [0.3, 0.4) is 0 Å². The zero-order valence-electron chi connectivity index (χ0n) is 12.8. The molecule has 1 aromatic heterocycles. The second-order valence-electron chi connectivity index (χ2n) is 6.26. The fraction of sp³-hybridized carbons (Fsp3) is 0.688. The molecule has 0 aromatic carbocycles. The number of carbonyl (C=O) groups excluding carboxylic acids is 1. The second kappa shape index (κ2) is 6.41. The van der Waals surface area contributed by atoms with Gasteiger partial charge in [0.15, 0.2) is 0 Å². The van der Waals surface area contributed by atoms with Crippen LogP contribution >= 0.6 is 0 Å². The van der Waals surface area contributed by atoms with Crippen LogP contribution in [0.5, 0.6) is 0 Å². The molecule has 0 radical (unpaired) electrons. The molecule has 2 saturated heterocycles. The van der Waals surface area contributed by atoms with Crippen molar-refractivity contribution >= 4 is 11.9 Å². The number of likely N-dealkylation sites (tertiary alicyclic amines) is 1. The normalized spacial score (nSPS) is 20.6. The average molecular weight is 288 g/mol. The van der Waals surface area contributed by atoms with Gasteiger partial charge in [0.25, 0.3) is 5.91 Å². The van der Waals surface area contributed by atoms with E-state index in [9.17, 15) is 4.79 Å². The molecule has 0 spiro atoms. The summed E-state index contributed by atoms with van der Waals surface area (Å²) >= 11 is 0. The first kappa shape index (κ1) is 14.3. The van der Waals surface area contributed by atoms with Gasteiger partial charge in [-0.15, -0.1) is 0 Å². The van der Waals surface area contributed by atoms with Gasteiger partial charge in [0.05, 0.1) is 0 Å². The van der Waals surface area contributed by atoms with Crippen LogP contribution in [0.4, 0.5) is 5.95 Å². The van der Waals surface area contributed by atoms with Gasteiger partial charge in [0.1, 0.15) is 5.69 Å². The van der Waals surface area contributed by atoms with Crippen LogP contribution in [0.1, 0.15) is 49.5 Å². The number of anilines is 1. The van der Waals surface area contributed by atoms with Crippen molar-refractivity contribution in [1.82, 2.24) is 14.9 Å². The highest BCUT2D eigenvalue weighted by Crippen LogP contribution is 2.19. The number of amides is 1. The summed E-state index contributed by atoms with van der Waals surface area (Å²) in [4.78, 5) is 25.5. The van der Waals surface area contributed by atoms with E-state index < -0.39 is 0 Å². The molecule has 114 valence electrons. The summed E-state index contributed by atoms with van der Waals surface area (Å²) in [7, 11) is 0. The van der Waals surface area contributed by atoms with E-state index in [4.69, 9.17) is 0 Å². The monoisotopic (exact) mass is 288 g/mol. The molecule has 3 rings (SSSR count). The van der Waals surface area contributed by atoms with Gasteiger partial charge in [-0.25, -0.2) is 9.97 Å². The smallest absolute Gasteiger partial charge is 0.272 e. The number of piperidine rings is 2. The summed E-state index contributed by atoms with van der Waals surface area (Å²) in [6, 6.07) is 1.74. The predicted octanol–water partition coefficient (Wildman–Crippen LogP) is 2.34. The summed E-state index contributed by atoms with van der Waals surface area (Å²) in [6.07, 6.45) is 7.56. The van der Waals surface area contributed by atoms with Crippen molar-refractivity contribution < 1.29 is 4.79 Å². The summed E-state index contributed by atoms with van der Waals surface area (Å²) in [5.74, 6) is 1.50. The Kier molecular flexibility index (Phi) is 4.36. The number of carbonyl (C=O) groups is 1. The maximum Gasteiger partial charge on any atom is 0.272 e. The topological polar surface area (TPSA) is 49.3 Å². The lowest BCUT2D eigenvalue weighted by molar-refractivity contribution is 0.0691. The summed E-state index contributed by atoms with van der Waals surface area (Å²) in [5, 5.41) is 0. The van der Waals surface area contributed by atoms with Gasteiger partial charge in [-0.3, -0.25) is 4.79 Å². The molecule has 2 aliphatic heterocycles. The molecule has 0 atom stereocenters. The van der Waals surface area contributed by atoms with E-state index in [0.717, 1.165) is 44.9 Å². The summed E-state index contributed by atoms with van der Waals surface area (Å²) in [6.45, 7) is 5.95. The van der Waals surface area contributed by atoms with Crippen LogP contribution in [0.25, 0.3) is 0 Å². The standard InChI is InChI=1S/C16H24N4O/c1-13-6-11-19(12-7-13)15(21)14-5-8-17-16(18-14)20-9-3-2-4-10-20/h5,8,13H,2-4,6-7,9-12H2,1H3. The van der Waals surface area contributed by atoms with Crippen LogP contribution in [-0.2, 0) is 0 Å². The lowest BCUT2D eigenvalue weighted by Crippen LogP contribution is -2.38. The molecule has 5 heteroatoms. The lowest BCUT2D eigenvalue weighted by Gasteiger charge is -2.30. The maximum absolute atomic E-state index is 12.6. The Morgan fingerprint density at radius 2 is 1.86 bits per heavy atom. The van der Waals surface area contributed by atoms with E-state index in [1.807, 2.05) is 4.90 Å².